The summed E-state index contributed by atoms with van der Waals surface area (Å²) in [7, 11) is 1.73. The molecule has 0 bridgehead atoms. The van der Waals surface area contributed by atoms with Crippen LogP contribution >= 0.6 is 0 Å². The zero-order valence-corrected chi connectivity index (χ0v) is 14.3. The van der Waals surface area contributed by atoms with Crippen molar-refractivity contribution < 1.29 is 9.53 Å². The summed E-state index contributed by atoms with van der Waals surface area (Å²) in [6, 6.07) is 22.0. The van der Waals surface area contributed by atoms with Crippen molar-refractivity contribution in [1.29, 1.82) is 5.26 Å². The minimum Gasteiger partial charge on any atom is -0.439 e. The van der Waals surface area contributed by atoms with Crippen molar-refractivity contribution in [3.05, 3.63) is 89.6 Å². The van der Waals surface area contributed by atoms with Gasteiger partial charge in [-0.3, -0.25) is 4.79 Å². The summed E-state index contributed by atoms with van der Waals surface area (Å²) in [5, 5.41) is 8.83. The standard InChI is InChI=1S/C21H17N3O2/c1-24(15-17-9-7-16(13-22)8-10-17)21(25)18-11-12-20(23-14-18)26-19-5-3-2-4-6-19/h2-12,14H,15H2,1H3. The number of para-hydroxylation sites is 1. The highest BCUT2D eigenvalue weighted by molar-refractivity contribution is 5.93. The van der Waals surface area contributed by atoms with E-state index in [1.54, 1.807) is 36.2 Å². The summed E-state index contributed by atoms with van der Waals surface area (Å²) in [5.74, 6) is 0.993. The van der Waals surface area contributed by atoms with Crippen LogP contribution in [-0.4, -0.2) is 22.8 Å². The largest absolute Gasteiger partial charge is 0.439 e. The Hall–Kier alpha value is -3.65. The number of amides is 1. The average Bonchev–Trinajstić information content (AvgIpc) is 2.69. The van der Waals surface area contributed by atoms with Gasteiger partial charge in [0.1, 0.15) is 5.75 Å². The Balaban J connectivity index is 1.64. The van der Waals surface area contributed by atoms with Crippen molar-refractivity contribution in [2.24, 2.45) is 0 Å². The number of aromatic nitrogens is 1. The molecule has 1 amide bonds. The lowest BCUT2D eigenvalue weighted by atomic mass is 10.1. The molecule has 26 heavy (non-hydrogen) atoms. The Labute approximate surface area is 152 Å². The van der Waals surface area contributed by atoms with Crippen molar-refractivity contribution in [2.75, 3.05) is 7.05 Å². The molecule has 0 saturated heterocycles. The van der Waals surface area contributed by atoms with Gasteiger partial charge >= 0.3 is 0 Å². The lowest BCUT2D eigenvalue weighted by molar-refractivity contribution is 0.0784. The highest BCUT2D eigenvalue weighted by atomic mass is 16.5. The second-order valence-electron chi connectivity index (χ2n) is 5.77. The zero-order valence-electron chi connectivity index (χ0n) is 14.3. The Morgan fingerprint density at radius 1 is 1.08 bits per heavy atom. The molecule has 0 radical (unpaired) electrons. The van der Waals surface area contributed by atoms with Crippen molar-refractivity contribution in [1.82, 2.24) is 9.88 Å². The van der Waals surface area contributed by atoms with E-state index in [2.05, 4.69) is 11.1 Å². The average molecular weight is 343 g/mol. The van der Waals surface area contributed by atoms with E-state index >= 15 is 0 Å². The highest BCUT2D eigenvalue weighted by Gasteiger charge is 2.13. The maximum Gasteiger partial charge on any atom is 0.255 e. The van der Waals surface area contributed by atoms with Crippen LogP contribution in [0.25, 0.3) is 0 Å². The normalized spacial score (nSPS) is 10.0. The molecule has 1 aromatic heterocycles. The fraction of sp³-hybridized carbons (Fsp3) is 0.0952. The Bertz CT molecular complexity index is 914. The summed E-state index contributed by atoms with van der Waals surface area (Å²) in [6.45, 7) is 0.451. The summed E-state index contributed by atoms with van der Waals surface area (Å²) >= 11 is 0. The zero-order chi connectivity index (χ0) is 18.4. The molecule has 0 saturated carbocycles. The van der Waals surface area contributed by atoms with Gasteiger partial charge in [-0.2, -0.15) is 5.26 Å². The highest BCUT2D eigenvalue weighted by Crippen LogP contribution is 2.19. The number of hydrogen-bond donors (Lipinski definition) is 0. The Morgan fingerprint density at radius 3 is 2.42 bits per heavy atom. The number of carbonyl (C=O) groups excluding carboxylic acids is 1. The third-order valence-corrected chi connectivity index (χ3v) is 3.80. The first-order chi connectivity index (χ1) is 12.7. The SMILES string of the molecule is CN(Cc1ccc(C#N)cc1)C(=O)c1ccc(Oc2ccccc2)nc1. The molecule has 0 unspecified atom stereocenters. The van der Waals surface area contributed by atoms with Crippen molar-refractivity contribution in [3.63, 3.8) is 0 Å². The fourth-order valence-corrected chi connectivity index (χ4v) is 2.43. The fourth-order valence-electron chi connectivity index (χ4n) is 2.43. The minimum atomic E-state index is -0.131. The summed E-state index contributed by atoms with van der Waals surface area (Å²) in [5.41, 5.74) is 2.04. The van der Waals surface area contributed by atoms with Crippen LogP contribution in [0.1, 0.15) is 21.5 Å². The molecular weight excluding hydrogens is 326 g/mol. The van der Waals surface area contributed by atoms with E-state index < -0.39 is 0 Å². The number of ether oxygens (including phenoxy) is 1. The minimum absolute atomic E-state index is 0.131. The van der Waals surface area contributed by atoms with E-state index in [1.807, 2.05) is 42.5 Å². The molecule has 0 spiro atoms. The first-order valence-electron chi connectivity index (χ1n) is 8.09. The van der Waals surface area contributed by atoms with Gasteiger partial charge in [0.15, 0.2) is 0 Å². The molecule has 5 nitrogen and oxygen atoms in total. The van der Waals surface area contributed by atoms with Crippen LogP contribution in [0.3, 0.4) is 0 Å². The van der Waals surface area contributed by atoms with Crippen LogP contribution in [0, 0.1) is 11.3 Å². The van der Waals surface area contributed by atoms with Crippen LogP contribution in [0.2, 0.25) is 0 Å². The second-order valence-corrected chi connectivity index (χ2v) is 5.77. The van der Waals surface area contributed by atoms with Gasteiger partial charge in [-0.15, -0.1) is 0 Å². The number of nitrogens with zero attached hydrogens (tertiary/aromatic N) is 3. The first kappa shape index (κ1) is 17.2. The molecule has 0 aliphatic heterocycles. The van der Waals surface area contributed by atoms with Crippen LogP contribution in [0.5, 0.6) is 11.6 Å². The van der Waals surface area contributed by atoms with E-state index in [-0.39, 0.29) is 5.91 Å². The second kappa shape index (κ2) is 7.95. The lowest BCUT2D eigenvalue weighted by Gasteiger charge is -2.17. The topological polar surface area (TPSA) is 66.2 Å². The number of benzene rings is 2. The predicted molar refractivity (Wildman–Crippen MR) is 97.7 cm³/mol. The molecule has 0 N–H and O–H groups in total. The van der Waals surface area contributed by atoms with Crippen molar-refractivity contribution >= 4 is 5.91 Å². The maximum atomic E-state index is 12.5. The third kappa shape index (κ3) is 4.25. The summed E-state index contributed by atoms with van der Waals surface area (Å²) < 4.78 is 5.63. The monoisotopic (exact) mass is 343 g/mol. The van der Waals surface area contributed by atoms with Crippen molar-refractivity contribution in [3.8, 4) is 17.7 Å². The number of nitriles is 1. The van der Waals surface area contributed by atoms with E-state index in [0.717, 1.165) is 5.56 Å². The van der Waals surface area contributed by atoms with Crippen LogP contribution in [0.15, 0.2) is 72.9 Å². The number of carbonyl (C=O) groups is 1. The van der Waals surface area contributed by atoms with E-state index in [1.165, 1.54) is 6.20 Å². The summed E-state index contributed by atoms with van der Waals surface area (Å²) in [4.78, 5) is 18.3. The van der Waals surface area contributed by atoms with E-state index in [9.17, 15) is 4.79 Å². The molecule has 2 aromatic carbocycles. The molecule has 0 atom stereocenters. The van der Waals surface area contributed by atoms with Gasteiger partial charge in [0.25, 0.3) is 5.91 Å². The van der Waals surface area contributed by atoms with Crippen LogP contribution in [-0.2, 0) is 6.54 Å². The third-order valence-electron chi connectivity index (χ3n) is 3.80. The molecule has 1 heterocycles. The smallest absolute Gasteiger partial charge is 0.255 e. The molecule has 3 aromatic rings. The van der Waals surface area contributed by atoms with Crippen LogP contribution in [0.4, 0.5) is 0 Å². The maximum absolute atomic E-state index is 12.5. The van der Waals surface area contributed by atoms with Crippen LogP contribution < -0.4 is 4.74 Å². The number of rotatable bonds is 5. The van der Waals surface area contributed by atoms with Gasteiger partial charge in [-0.1, -0.05) is 30.3 Å². The Kier molecular flexibility index (Phi) is 5.25. The van der Waals surface area contributed by atoms with Gasteiger partial charge in [0.2, 0.25) is 5.88 Å². The summed E-state index contributed by atoms with van der Waals surface area (Å²) in [6.07, 6.45) is 1.51. The predicted octanol–water partition coefficient (Wildman–Crippen LogP) is 4.02. The first-order valence-corrected chi connectivity index (χ1v) is 8.09. The van der Waals surface area contributed by atoms with Gasteiger partial charge < -0.3 is 9.64 Å². The molecule has 3 rings (SSSR count). The molecule has 0 fully saturated rings. The number of pyridine rings is 1. The van der Waals surface area contributed by atoms with Gasteiger partial charge in [-0.05, 0) is 35.9 Å². The molecular formula is C21H17N3O2. The molecule has 0 aliphatic carbocycles. The van der Waals surface area contributed by atoms with E-state index in [4.69, 9.17) is 10.00 Å². The van der Waals surface area contributed by atoms with Gasteiger partial charge in [0, 0.05) is 25.9 Å². The molecule has 128 valence electrons. The molecule has 0 aliphatic rings. The Morgan fingerprint density at radius 2 is 1.81 bits per heavy atom. The van der Waals surface area contributed by atoms with Gasteiger partial charge in [0.05, 0.1) is 17.2 Å². The van der Waals surface area contributed by atoms with Gasteiger partial charge in [-0.25, -0.2) is 4.98 Å². The van der Waals surface area contributed by atoms with Crippen molar-refractivity contribution in [2.45, 2.75) is 6.54 Å². The molecule has 5 heteroatoms. The quantitative estimate of drug-likeness (QED) is 0.702. The van der Waals surface area contributed by atoms with E-state index in [0.29, 0.717) is 29.3 Å². The lowest BCUT2D eigenvalue weighted by Crippen LogP contribution is -2.26. The number of hydrogen-bond acceptors (Lipinski definition) is 4.